The summed E-state index contributed by atoms with van der Waals surface area (Å²) in [6.07, 6.45) is 3.54. The minimum absolute atomic E-state index is 0.384. The molecule has 2 heterocycles. The van der Waals surface area contributed by atoms with Crippen LogP contribution in [0.5, 0.6) is 0 Å². The number of benzene rings is 1. The van der Waals surface area contributed by atoms with Gasteiger partial charge in [-0.25, -0.2) is 4.98 Å². The van der Waals surface area contributed by atoms with Crippen LogP contribution in [0.25, 0.3) is 11.0 Å². The molecule has 1 fully saturated rings. The number of aryl methyl sites for hydroxylation is 1. The van der Waals surface area contributed by atoms with Crippen molar-refractivity contribution in [2.75, 3.05) is 26.2 Å². The van der Waals surface area contributed by atoms with Gasteiger partial charge in [-0.05, 0) is 63.6 Å². The average molecular weight is 335 g/mol. The molecule has 5 heteroatoms. The summed E-state index contributed by atoms with van der Waals surface area (Å²) in [5.74, 6) is 1.18. The molecule has 126 valence electrons. The SMILES string of the molecule is CCN(CC)CCCn1c(C2CCCN2)nc2ccc(Cl)cc21. The number of nitrogens with zero attached hydrogens (tertiary/aromatic N) is 3. The van der Waals surface area contributed by atoms with Crippen molar-refractivity contribution in [2.45, 2.75) is 45.7 Å². The van der Waals surface area contributed by atoms with E-state index in [1.54, 1.807) is 0 Å². The van der Waals surface area contributed by atoms with Crippen molar-refractivity contribution in [3.05, 3.63) is 29.0 Å². The molecule has 1 atom stereocenters. The fraction of sp³-hybridized carbons (Fsp3) is 0.611. The molecule has 0 amide bonds. The summed E-state index contributed by atoms with van der Waals surface area (Å²) in [6, 6.07) is 6.41. The molecule has 1 aromatic carbocycles. The third-order valence-corrected chi connectivity index (χ3v) is 5.10. The molecule has 4 nitrogen and oxygen atoms in total. The maximum Gasteiger partial charge on any atom is 0.127 e. The topological polar surface area (TPSA) is 33.1 Å². The van der Waals surface area contributed by atoms with Crippen LogP contribution >= 0.6 is 11.6 Å². The van der Waals surface area contributed by atoms with Gasteiger partial charge in [-0.2, -0.15) is 0 Å². The summed E-state index contributed by atoms with van der Waals surface area (Å²) in [7, 11) is 0. The lowest BCUT2D eigenvalue weighted by Gasteiger charge is -2.19. The molecule has 0 spiro atoms. The normalized spacial score (nSPS) is 18.3. The Hall–Kier alpha value is -1.10. The van der Waals surface area contributed by atoms with E-state index in [-0.39, 0.29) is 0 Å². The first-order chi connectivity index (χ1) is 11.2. The van der Waals surface area contributed by atoms with Crippen molar-refractivity contribution in [3.8, 4) is 0 Å². The van der Waals surface area contributed by atoms with Crippen LogP contribution in [0.2, 0.25) is 5.02 Å². The lowest BCUT2D eigenvalue weighted by atomic mass is 10.2. The monoisotopic (exact) mass is 334 g/mol. The number of halogens is 1. The molecule has 0 radical (unpaired) electrons. The quantitative estimate of drug-likeness (QED) is 0.835. The molecule has 0 bridgehead atoms. The van der Waals surface area contributed by atoms with Gasteiger partial charge in [0.1, 0.15) is 5.82 Å². The predicted molar refractivity (Wildman–Crippen MR) is 97.1 cm³/mol. The molecule has 1 aromatic heterocycles. The third-order valence-electron chi connectivity index (χ3n) is 4.86. The Morgan fingerprint density at radius 2 is 2.17 bits per heavy atom. The number of imidazole rings is 1. The van der Waals surface area contributed by atoms with E-state index in [4.69, 9.17) is 16.6 Å². The maximum atomic E-state index is 6.22. The van der Waals surface area contributed by atoms with E-state index in [1.165, 1.54) is 24.2 Å². The molecule has 0 saturated carbocycles. The zero-order valence-corrected chi connectivity index (χ0v) is 14.9. The Balaban J connectivity index is 1.85. The van der Waals surface area contributed by atoms with Gasteiger partial charge in [0.05, 0.1) is 17.1 Å². The first-order valence-corrected chi connectivity index (χ1v) is 9.22. The van der Waals surface area contributed by atoms with E-state index in [2.05, 4.69) is 34.7 Å². The number of nitrogens with one attached hydrogen (secondary N) is 1. The van der Waals surface area contributed by atoms with Crippen LogP contribution in [-0.2, 0) is 6.54 Å². The molecule has 1 aliphatic heterocycles. The first-order valence-electron chi connectivity index (χ1n) is 8.84. The largest absolute Gasteiger partial charge is 0.327 e. The third kappa shape index (κ3) is 3.70. The van der Waals surface area contributed by atoms with Gasteiger partial charge in [0.15, 0.2) is 0 Å². The summed E-state index contributed by atoms with van der Waals surface area (Å²) in [6.45, 7) is 9.90. The van der Waals surface area contributed by atoms with Crippen LogP contribution in [0.3, 0.4) is 0 Å². The molecule has 1 aliphatic rings. The Morgan fingerprint density at radius 3 is 2.87 bits per heavy atom. The number of hydrogen-bond donors (Lipinski definition) is 1. The molecule has 0 aliphatic carbocycles. The Morgan fingerprint density at radius 1 is 1.35 bits per heavy atom. The number of aromatic nitrogens is 2. The predicted octanol–water partition coefficient (Wildman–Crippen LogP) is 3.85. The minimum Gasteiger partial charge on any atom is -0.327 e. The zero-order chi connectivity index (χ0) is 16.2. The van der Waals surface area contributed by atoms with Crippen LogP contribution in [0.15, 0.2) is 18.2 Å². The van der Waals surface area contributed by atoms with Crippen molar-refractivity contribution in [2.24, 2.45) is 0 Å². The van der Waals surface area contributed by atoms with Gasteiger partial charge in [0.25, 0.3) is 0 Å². The van der Waals surface area contributed by atoms with Gasteiger partial charge >= 0.3 is 0 Å². The Labute approximate surface area is 143 Å². The van der Waals surface area contributed by atoms with Crippen molar-refractivity contribution in [1.29, 1.82) is 0 Å². The van der Waals surface area contributed by atoms with E-state index in [0.29, 0.717) is 6.04 Å². The molecular formula is C18H27ClN4. The molecule has 1 unspecified atom stereocenters. The van der Waals surface area contributed by atoms with E-state index in [0.717, 1.165) is 49.7 Å². The molecule has 23 heavy (non-hydrogen) atoms. The van der Waals surface area contributed by atoms with Gasteiger partial charge < -0.3 is 14.8 Å². The van der Waals surface area contributed by atoms with Gasteiger partial charge in [-0.1, -0.05) is 25.4 Å². The highest BCUT2D eigenvalue weighted by atomic mass is 35.5. The lowest BCUT2D eigenvalue weighted by molar-refractivity contribution is 0.292. The van der Waals surface area contributed by atoms with Gasteiger partial charge in [-0.15, -0.1) is 0 Å². The Bertz CT molecular complexity index is 642. The summed E-state index contributed by atoms with van der Waals surface area (Å²) in [5.41, 5.74) is 2.22. The van der Waals surface area contributed by atoms with E-state index < -0.39 is 0 Å². The molecule has 3 rings (SSSR count). The lowest BCUT2D eigenvalue weighted by Crippen LogP contribution is -2.25. The van der Waals surface area contributed by atoms with Gasteiger partial charge in [0, 0.05) is 11.6 Å². The highest BCUT2D eigenvalue weighted by molar-refractivity contribution is 6.31. The van der Waals surface area contributed by atoms with E-state index in [1.807, 2.05) is 12.1 Å². The molecule has 1 N–H and O–H groups in total. The Kier molecular flexibility index (Phi) is 5.57. The average Bonchev–Trinajstić information content (AvgIpc) is 3.19. The van der Waals surface area contributed by atoms with Gasteiger partial charge in [-0.3, -0.25) is 0 Å². The summed E-state index contributed by atoms with van der Waals surface area (Å²) < 4.78 is 2.38. The smallest absolute Gasteiger partial charge is 0.127 e. The van der Waals surface area contributed by atoms with Crippen molar-refractivity contribution in [1.82, 2.24) is 19.8 Å². The minimum atomic E-state index is 0.384. The number of fused-ring (bicyclic) bond motifs is 1. The van der Waals surface area contributed by atoms with Crippen LogP contribution in [0.1, 0.15) is 45.0 Å². The maximum absolute atomic E-state index is 6.22. The second-order valence-electron chi connectivity index (χ2n) is 6.28. The van der Waals surface area contributed by atoms with Crippen LogP contribution < -0.4 is 5.32 Å². The van der Waals surface area contributed by atoms with Crippen LogP contribution in [0, 0.1) is 0 Å². The van der Waals surface area contributed by atoms with Crippen molar-refractivity contribution in [3.63, 3.8) is 0 Å². The van der Waals surface area contributed by atoms with E-state index >= 15 is 0 Å². The molecule has 1 saturated heterocycles. The van der Waals surface area contributed by atoms with E-state index in [9.17, 15) is 0 Å². The first kappa shape index (κ1) is 16.7. The second kappa shape index (κ2) is 7.65. The fourth-order valence-electron chi connectivity index (χ4n) is 3.51. The van der Waals surface area contributed by atoms with Gasteiger partial charge in [0.2, 0.25) is 0 Å². The summed E-state index contributed by atoms with van der Waals surface area (Å²) in [4.78, 5) is 7.37. The number of rotatable bonds is 7. The van der Waals surface area contributed by atoms with Crippen molar-refractivity contribution < 1.29 is 0 Å². The van der Waals surface area contributed by atoms with Crippen LogP contribution in [0.4, 0.5) is 0 Å². The van der Waals surface area contributed by atoms with Crippen LogP contribution in [-0.4, -0.2) is 40.6 Å². The van der Waals surface area contributed by atoms with Crippen molar-refractivity contribution >= 4 is 22.6 Å². The fourth-order valence-corrected chi connectivity index (χ4v) is 3.68. The second-order valence-corrected chi connectivity index (χ2v) is 6.72. The highest BCUT2D eigenvalue weighted by Gasteiger charge is 2.23. The highest BCUT2D eigenvalue weighted by Crippen LogP contribution is 2.28. The molecular weight excluding hydrogens is 308 g/mol. The molecule has 2 aromatic rings. The number of hydrogen-bond acceptors (Lipinski definition) is 3. The zero-order valence-electron chi connectivity index (χ0n) is 14.2. The standard InChI is InChI=1S/C18H27ClN4/c1-3-22(4-2)11-6-12-23-17-13-14(19)8-9-15(17)21-18(23)16-7-5-10-20-16/h8-9,13,16,20H,3-7,10-12H2,1-2H3. The summed E-state index contributed by atoms with van der Waals surface area (Å²) in [5, 5.41) is 4.37. The summed E-state index contributed by atoms with van der Waals surface area (Å²) >= 11 is 6.22.